The molecule has 1 atom stereocenters. The van der Waals surface area contributed by atoms with Gasteiger partial charge in [-0.25, -0.2) is 4.79 Å². The fourth-order valence-corrected chi connectivity index (χ4v) is 3.91. The van der Waals surface area contributed by atoms with E-state index >= 15 is 0 Å². The summed E-state index contributed by atoms with van der Waals surface area (Å²) in [6, 6.07) is 0. The molecule has 7 heteroatoms. The molecule has 0 aromatic heterocycles. The number of ether oxygens (including phenoxy) is 1. The van der Waals surface area contributed by atoms with Crippen LogP contribution in [0.15, 0.2) is 28.1 Å². The Labute approximate surface area is 139 Å². The Hall–Kier alpha value is -1.14. The third-order valence-electron chi connectivity index (χ3n) is 3.53. The van der Waals surface area contributed by atoms with E-state index < -0.39 is 11.6 Å². The standard InChI is InChI=1S/C15H20ClNO4S/c1-3-4-11(17-20-8-10(2)16)13-12(18)7-15(21-14(13)19)5-6-22-9-15/h18H,2-9H2,1H3/b17-11-. The molecule has 0 radical (unpaired) electrons. The lowest BCUT2D eigenvalue weighted by Crippen LogP contribution is -2.41. The van der Waals surface area contributed by atoms with E-state index in [0.29, 0.717) is 23.6 Å². The Morgan fingerprint density at radius 2 is 2.41 bits per heavy atom. The van der Waals surface area contributed by atoms with Crippen molar-refractivity contribution in [3.8, 4) is 0 Å². The normalized spacial score (nSPS) is 25.5. The zero-order valence-corrected chi connectivity index (χ0v) is 14.1. The lowest BCUT2D eigenvalue weighted by Gasteiger charge is -2.33. The molecule has 1 saturated heterocycles. The second kappa shape index (κ2) is 7.42. The SMILES string of the molecule is C=C(Cl)CO/N=C(/CCC)C1=C(O)CC2(CCSC2)OC1=O. The molecule has 2 aliphatic heterocycles. The van der Waals surface area contributed by atoms with Crippen LogP contribution in [0, 0.1) is 0 Å². The zero-order valence-electron chi connectivity index (χ0n) is 12.6. The van der Waals surface area contributed by atoms with E-state index in [4.69, 9.17) is 21.2 Å². The predicted octanol–water partition coefficient (Wildman–Crippen LogP) is 3.55. The molecule has 2 rings (SSSR count). The average Bonchev–Trinajstić information content (AvgIpc) is 2.85. The highest BCUT2D eigenvalue weighted by Gasteiger charge is 2.45. The van der Waals surface area contributed by atoms with Gasteiger partial charge in [0.25, 0.3) is 0 Å². The number of aliphatic hydroxyl groups is 1. The number of esters is 1. The first-order valence-electron chi connectivity index (χ1n) is 7.23. The molecule has 0 aliphatic carbocycles. The minimum Gasteiger partial charge on any atom is -0.511 e. The highest BCUT2D eigenvalue weighted by Crippen LogP contribution is 2.40. The monoisotopic (exact) mass is 345 g/mol. The number of nitrogens with zero attached hydrogens (tertiary/aromatic N) is 1. The highest BCUT2D eigenvalue weighted by molar-refractivity contribution is 7.99. The molecular formula is C15H20ClNO4S. The topological polar surface area (TPSA) is 68.1 Å². The Kier molecular flexibility index (Phi) is 5.81. The first-order chi connectivity index (χ1) is 10.5. The molecule has 0 aromatic rings. The van der Waals surface area contributed by atoms with Gasteiger partial charge < -0.3 is 14.7 Å². The van der Waals surface area contributed by atoms with Gasteiger partial charge in [-0.15, -0.1) is 0 Å². The van der Waals surface area contributed by atoms with Crippen molar-refractivity contribution in [2.75, 3.05) is 18.1 Å². The minimum atomic E-state index is -0.558. The molecule has 5 nitrogen and oxygen atoms in total. The van der Waals surface area contributed by atoms with Crippen LogP contribution in [-0.4, -0.2) is 40.5 Å². The van der Waals surface area contributed by atoms with Crippen LogP contribution in [0.3, 0.4) is 0 Å². The number of aliphatic hydroxyl groups excluding tert-OH is 1. The van der Waals surface area contributed by atoms with Crippen molar-refractivity contribution in [2.24, 2.45) is 5.16 Å². The Balaban J connectivity index is 2.22. The van der Waals surface area contributed by atoms with Gasteiger partial charge in [-0.3, -0.25) is 0 Å². The summed E-state index contributed by atoms with van der Waals surface area (Å²) in [7, 11) is 0. The fourth-order valence-electron chi connectivity index (χ4n) is 2.52. The molecule has 1 unspecified atom stereocenters. The average molecular weight is 346 g/mol. The van der Waals surface area contributed by atoms with E-state index in [1.54, 1.807) is 11.8 Å². The van der Waals surface area contributed by atoms with Gasteiger partial charge in [0.05, 0.1) is 10.7 Å². The number of halogens is 1. The van der Waals surface area contributed by atoms with Gasteiger partial charge in [0, 0.05) is 12.2 Å². The molecule has 0 saturated carbocycles. The van der Waals surface area contributed by atoms with Gasteiger partial charge in [-0.05, 0) is 18.6 Å². The first-order valence-corrected chi connectivity index (χ1v) is 8.76. The molecule has 22 heavy (non-hydrogen) atoms. The van der Waals surface area contributed by atoms with Crippen molar-refractivity contribution < 1.29 is 19.5 Å². The molecule has 122 valence electrons. The van der Waals surface area contributed by atoms with E-state index in [1.165, 1.54) is 0 Å². The lowest BCUT2D eigenvalue weighted by atomic mass is 9.90. The number of carbonyl (C=O) groups excluding carboxylic acids is 1. The largest absolute Gasteiger partial charge is 0.511 e. The van der Waals surface area contributed by atoms with Gasteiger partial charge in [-0.2, -0.15) is 11.8 Å². The van der Waals surface area contributed by atoms with Crippen molar-refractivity contribution in [2.45, 2.75) is 38.2 Å². The summed E-state index contributed by atoms with van der Waals surface area (Å²) in [5.74, 6) is 1.18. The molecule has 0 bridgehead atoms. The van der Waals surface area contributed by atoms with Crippen molar-refractivity contribution >= 4 is 35.0 Å². The first kappa shape index (κ1) is 17.2. The van der Waals surface area contributed by atoms with E-state index in [9.17, 15) is 9.90 Å². The summed E-state index contributed by atoms with van der Waals surface area (Å²) in [5.41, 5.74) is -0.0363. The van der Waals surface area contributed by atoms with Crippen molar-refractivity contribution in [3.63, 3.8) is 0 Å². The van der Waals surface area contributed by atoms with Gasteiger partial charge in [0.15, 0.2) is 6.61 Å². The minimum absolute atomic E-state index is 0.0410. The molecule has 1 fully saturated rings. The Morgan fingerprint density at radius 1 is 1.64 bits per heavy atom. The molecule has 2 aliphatic rings. The fraction of sp³-hybridized carbons (Fsp3) is 0.600. The Morgan fingerprint density at radius 3 is 2.95 bits per heavy atom. The van der Waals surface area contributed by atoms with Crippen LogP contribution in [0.1, 0.15) is 32.6 Å². The second-order valence-electron chi connectivity index (χ2n) is 5.45. The number of thioether (sulfide) groups is 1. The maximum atomic E-state index is 12.3. The summed E-state index contributed by atoms with van der Waals surface area (Å²) < 4.78 is 5.61. The van der Waals surface area contributed by atoms with Crippen LogP contribution in [-0.2, 0) is 14.4 Å². The van der Waals surface area contributed by atoms with Crippen LogP contribution < -0.4 is 0 Å². The van der Waals surface area contributed by atoms with Crippen molar-refractivity contribution in [3.05, 3.63) is 22.9 Å². The summed E-state index contributed by atoms with van der Waals surface area (Å²) in [6.07, 6.45) is 2.37. The maximum absolute atomic E-state index is 12.3. The van der Waals surface area contributed by atoms with E-state index in [1.807, 2.05) is 6.92 Å². The number of hydrogen-bond acceptors (Lipinski definition) is 6. The third kappa shape index (κ3) is 3.98. The van der Waals surface area contributed by atoms with Crippen LogP contribution in [0.4, 0.5) is 0 Å². The number of hydrogen-bond donors (Lipinski definition) is 1. The summed E-state index contributed by atoms with van der Waals surface area (Å²) in [5, 5.41) is 14.6. The maximum Gasteiger partial charge on any atom is 0.344 e. The smallest absolute Gasteiger partial charge is 0.344 e. The van der Waals surface area contributed by atoms with Crippen molar-refractivity contribution in [1.29, 1.82) is 0 Å². The van der Waals surface area contributed by atoms with Gasteiger partial charge in [0.2, 0.25) is 0 Å². The van der Waals surface area contributed by atoms with Crippen LogP contribution in [0.2, 0.25) is 0 Å². The van der Waals surface area contributed by atoms with Gasteiger partial charge in [-0.1, -0.05) is 36.7 Å². The molecule has 0 amide bonds. The third-order valence-corrected chi connectivity index (χ3v) is 4.86. The van der Waals surface area contributed by atoms with E-state index in [-0.39, 0.29) is 17.9 Å². The summed E-state index contributed by atoms with van der Waals surface area (Å²) in [6.45, 7) is 5.51. The number of oxime groups is 1. The van der Waals surface area contributed by atoms with E-state index in [0.717, 1.165) is 24.3 Å². The van der Waals surface area contributed by atoms with Crippen LogP contribution in [0.5, 0.6) is 0 Å². The van der Waals surface area contributed by atoms with Crippen molar-refractivity contribution in [1.82, 2.24) is 0 Å². The lowest BCUT2D eigenvalue weighted by molar-refractivity contribution is -0.155. The number of carbonyl (C=O) groups is 1. The highest BCUT2D eigenvalue weighted by atomic mass is 35.5. The molecule has 1 spiro atoms. The zero-order chi connectivity index (χ0) is 16.2. The van der Waals surface area contributed by atoms with Crippen LogP contribution in [0.25, 0.3) is 0 Å². The molecule has 2 heterocycles. The number of rotatable bonds is 6. The van der Waals surface area contributed by atoms with Gasteiger partial charge in [0.1, 0.15) is 16.9 Å². The summed E-state index contributed by atoms with van der Waals surface area (Å²) >= 11 is 7.35. The molecular weight excluding hydrogens is 326 g/mol. The quantitative estimate of drug-likeness (QED) is 0.453. The van der Waals surface area contributed by atoms with E-state index in [2.05, 4.69) is 11.7 Å². The summed E-state index contributed by atoms with van der Waals surface area (Å²) in [4.78, 5) is 17.4. The molecule has 1 N–H and O–H groups in total. The Bertz CT molecular complexity index is 524. The van der Waals surface area contributed by atoms with Gasteiger partial charge >= 0.3 is 5.97 Å². The predicted molar refractivity (Wildman–Crippen MR) is 88.3 cm³/mol. The van der Waals surface area contributed by atoms with Crippen LogP contribution >= 0.6 is 23.4 Å². The second-order valence-corrected chi connectivity index (χ2v) is 7.09. The molecule has 0 aromatic carbocycles.